The van der Waals surface area contributed by atoms with E-state index in [1.165, 1.54) is 6.08 Å². The van der Waals surface area contributed by atoms with E-state index in [-0.39, 0.29) is 12.2 Å². The second-order valence-corrected chi connectivity index (χ2v) is 3.80. The minimum Gasteiger partial charge on any atom is -0.480 e. The zero-order valence-corrected chi connectivity index (χ0v) is 10.6. The summed E-state index contributed by atoms with van der Waals surface area (Å²) in [6.45, 7) is -0.818. The van der Waals surface area contributed by atoms with Gasteiger partial charge in [0.2, 0.25) is 5.91 Å². The molecule has 2 amide bonds. The molecule has 20 heavy (non-hydrogen) atoms. The summed E-state index contributed by atoms with van der Waals surface area (Å²) in [5.41, 5.74) is 5.79. The molecule has 0 aliphatic carbocycles. The second-order valence-electron chi connectivity index (χ2n) is 3.80. The summed E-state index contributed by atoms with van der Waals surface area (Å²) in [4.78, 5) is 33.5. The van der Waals surface area contributed by atoms with Crippen molar-refractivity contribution in [3.63, 3.8) is 0 Å². The fourth-order valence-electron chi connectivity index (χ4n) is 1.33. The predicted molar refractivity (Wildman–Crippen MR) is 72.3 cm³/mol. The molecule has 1 rings (SSSR count). The zero-order chi connectivity index (χ0) is 15.0. The van der Waals surface area contributed by atoms with E-state index in [0.717, 1.165) is 0 Å². The predicted octanol–water partition coefficient (Wildman–Crippen LogP) is -0.697. The van der Waals surface area contributed by atoms with E-state index in [2.05, 4.69) is 10.6 Å². The maximum Gasteiger partial charge on any atom is 0.322 e. The molecule has 1 aromatic rings. The molecule has 0 saturated carbocycles. The number of hydrogen-bond donors (Lipinski definition) is 4. The van der Waals surface area contributed by atoms with E-state index >= 15 is 0 Å². The van der Waals surface area contributed by atoms with E-state index in [1.54, 1.807) is 30.3 Å². The molecular weight excluding hydrogens is 262 g/mol. The number of carboxylic acid groups (broad SMARTS) is 1. The summed E-state index contributed by atoms with van der Waals surface area (Å²) in [6.07, 6.45) is 1.44. The smallest absolute Gasteiger partial charge is 0.322 e. The van der Waals surface area contributed by atoms with Crippen LogP contribution in [0.25, 0.3) is 6.08 Å². The lowest BCUT2D eigenvalue weighted by molar-refractivity contribution is -0.137. The van der Waals surface area contributed by atoms with Gasteiger partial charge in [0.1, 0.15) is 12.2 Å². The van der Waals surface area contributed by atoms with Crippen LogP contribution in [-0.4, -0.2) is 36.0 Å². The highest BCUT2D eigenvalue weighted by Gasteiger charge is 2.13. The number of amides is 2. The number of rotatable bonds is 6. The Balaban J connectivity index is 2.90. The van der Waals surface area contributed by atoms with Crippen LogP contribution in [0.1, 0.15) is 5.56 Å². The Morgan fingerprint density at radius 1 is 1.20 bits per heavy atom. The summed E-state index contributed by atoms with van der Waals surface area (Å²) >= 11 is 0. The summed E-state index contributed by atoms with van der Waals surface area (Å²) < 4.78 is 0. The first kappa shape index (κ1) is 15.4. The maximum absolute atomic E-state index is 11.8. The van der Waals surface area contributed by atoms with Gasteiger partial charge in [0.05, 0.1) is 6.54 Å². The SMILES string of the molecule is NCC(=O)NC(=Cc1ccccc1)C(=O)NCC(=O)O. The van der Waals surface area contributed by atoms with Gasteiger partial charge >= 0.3 is 5.97 Å². The van der Waals surface area contributed by atoms with Crippen molar-refractivity contribution in [2.75, 3.05) is 13.1 Å². The van der Waals surface area contributed by atoms with E-state index in [0.29, 0.717) is 5.56 Å². The summed E-state index contributed by atoms with van der Waals surface area (Å²) in [7, 11) is 0. The van der Waals surface area contributed by atoms with Crippen LogP contribution >= 0.6 is 0 Å². The molecular formula is C13H15N3O4. The third kappa shape index (κ3) is 5.32. The maximum atomic E-state index is 11.8. The number of benzene rings is 1. The van der Waals surface area contributed by atoms with Crippen LogP contribution < -0.4 is 16.4 Å². The lowest BCUT2D eigenvalue weighted by Crippen LogP contribution is -2.39. The lowest BCUT2D eigenvalue weighted by Gasteiger charge is -2.09. The molecule has 0 aliphatic rings. The quantitative estimate of drug-likeness (QED) is 0.512. The highest BCUT2D eigenvalue weighted by Crippen LogP contribution is 2.04. The Kier molecular flexibility index (Phi) is 5.92. The summed E-state index contributed by atoms with van der Waals surface area (Å²) in [6, 6.07) is 8.81. The van der Waals surface area contributed by atoms with Gasteiger partial charge in [-0.25, -0.2) is 0 Å². The molecule has 7 nitrogen and oxygen atoms in total. The van der Waals surface area contributed by atoms with E-state index in [1.807, 2.05) is 0 Å². The van der Waals surface area contributed by atoms with Gasteiger partial charge < -0.3 is 21.5 Å². The zero-order valence-electron chi connectivity index (χ0n) is 10.6. The van der Waals surface area contributed by atoms with Crippen molar-refractivity contribution < 1.29 is 19.5 Å². The number of carboxylic acids is 1. The highest BCUT2D eigenvalue weighted by atomic mass is 16.4. The second kappa shape index (κ2) is 7.70. The topological polar surface area (TPSA) is 122 Å². The van der Waals surface area contributed by atoms with Gasteiger partial charge in [-0.15, -0.1) is 0 Å². The summed E-state index contributed by atoms with van der Waals surface area (Å²) in [5, 5.41) is 13.0. The van der Waals surface area contributed by atoms with E-state index in [9.17, 15) is 14.4 Å². The van der Waals surface area contributed by atoms with Gasteiger partial charge in [-0.05, 0) is 11.6 Å². The molecule has 1 aromatic carbocycles. The van der Waals surface area contributed by atoms with Crippen molar-refractivity contribution >= 4 is 23.9 Å². The van der Waals surface area contributed by atoms with Gasteiger partial charge in [0, 0.05) is 0 Å². The molecule has 0 heterocycles. The molecule has 0 spiro atoms. The normalized spacial score (nSPS) is 10.8. The number of nitrogens with two attached hydrogens (primary N) is 1. The van der Waals surface area contributed by atoms with Gasteiger partial charge in [0.15, 0.2) is 0 Å². The van der Waals surface area contributed by atoms with E-state index in [4.69, 9.17) is 10.8 Å². The number of nitrogens with one attached hydrogen (secondary N) is 2. The molecule has 0 fully saturated rings. The summed E-state index contributed by atoms with van der Waals surface area (Å²) in [5.74, 6) is -2.42. The lowest BCUT2D eigenvalue weighted by atomic mass is 10.2. The van der Waals surface area contributed by atoms with Crippen LogP contribution in [0.15, 0.2) is 36.0 Å². The molecule has 5 N–H and O–H groups in total. The van der Waals surface area contributed by atoms with Crippen LogP contribution in [0.3, 0.4) is 0 Å². The fourth-order valence-corrected chi connectivity index (χ4v) is 1.33. The third-order valence-corrected chi connectivity index (χ3v) is 2.21. The third-order valence-electron chi connectivity index (χ3n) is 2.21. The van der Waals surface area contributed by atoms with Crippen molar-refractivity contribution in [3.8, 4) is 0 Å². The average Bonchev–Trinajstić information content (AvgIpc) is 2.44. The first-order valence-corrected chi connectivity index (χ1v) is 5.79. The largest absolute Gasteiger partial charge is 0.480 e. The molecule has 106 valence electrons. The standard InChI is InChI=1S/C13H15N3O4/c14-7-11(17)16-10(13(20)15-8-12(18)19)6-9-4-2-1-3-5-9/h1-6H,7-8,14H2,(H,15,20)(H,16,17)(H,18,19). The van der Waals surface area contributed by atoms with Gasteiger partial charge in [-0.3, -0.25) is 14.4 Å². The van der Waals surface area contributed by atoms with Gasteiger partial charge in [0.25, 0.3) is 5.91 Å². The van der Waals surface area contributed by atoms with Gasteiger partial charge in [-0.1, -0.05) is 30.3 Å². The molecule has 0 unspecified atom stereocenters. The Morgan fingerprint density at radius 3 is 2.40 bits per heavy atom. The number of aliphatic carboxylic acids is 1. The van der Waals surface area contributed by atoms with Crippen molar-refractivity contribution in [2.24, 2.45) is 5.73 Å². The van der Waals surface area contributed by atoms with Crippen LogP contribution in [0, 0.1) is 0 Å². The minimum absolute atomic E-state index is 0.0621. The Bertz CT molecular complexity index is 526. The monoisotopic (exact) mass is 277 g/mol. The highest BCUT2D eigenvalue weighted by molar-refractivity contribution is 6.02. The van der Waals surface area contributed by atoms with Crippen LogP contribution in [-0.2, 0) is 14.4 Å². The van der Waals surface area contributed by atoms with Crippen molar-refractivity contribution in [1.29, 1.82) is 0 Å². The molecule has 0 aromatic heterocycles. The van der Waals surface area contributed by atoms with E-state index < -0.39 is 24.3 Å². The van der Waals surface area contributed by atoms with Crippen LogP contribution in [0.4, 0.5) is 0 Å². The van der Waals surface area contributed by atoms with Crippen molar-refractivity contribution in [1.82, 2.24) is 10.6 Å². The molecule has 0 bridgehead atoms. The number of carbonyl (C=O) groups excluding carboxylic acids is 2. The molecule has 0 saturated heterocycles. The molecule has 7 heteroatoms. The first-order valence-electron chi connectivity index (χ1n) is 5.79. The Morgan fingerprint density at radius 2 is 1.85 bits per heavy atom. The minimum atomic E-state index is -1.18. The Hall–Kier alpha value is -2.67. The van der Waals surface area contributed by atoms with Crippen LogP contribution in [0.5, 0.6) is 0 Å². The first-order chi connectivity index (χ1) is 9.52. The molecule has 0 atom stereocenters. The molecule has 0 aliphatic heterocycles. The molecule has 0 radical (unpaired) electrons. The average molecular weight is 277 g/mol. The number of hydrogen-bond acceptors (Lipinski definition) is 4. The van der Waals surface area contributed by atoms with Crippen LogP contribution in [0.2, 0.25) is 0 Å². The van der Waals surface area contributed by atoms with Crippen molar-refractivity contribution in [3.05, 3.63) is 41.6 Å². The van der Waals surface area contributed by atoms with Crippen molar-refractivity contribution in [2.45, 2.75) is 0 Å². The number of carbonyl (C=O) groups is 3. The van der Waals surface area contributed by atoms with Gasteiger partial charge in [-0.2, -0.15) is 0 Å². The Labute approximate surface area is 115 Å². The fraction of sp³-hybridized carbons (Fsp3) is 0.154.